The zero-order chi connectivity index (χ0) is 23.0. The Labute approximate surface area is 194 Å². The summed E-state index contributed by atoms with van der Waals surface area (Å²) in [4.78, 5) is 0. The molecule has 3 aliphatic carbocycles. The van der Waals surface area contributed by atoms with Crippen molar-refractivity contribution in [2.45, 2.75) is 104 Å². The lowest BCUT2D eigenvalue weighted by molar-refractivity contribution is 0.0929. The van der Waals surface area contributed by atoms with Crippen LogP contribution >= 0.6 is 0 Å². The molecule has 3 saturated carbocycles. The van der Waals surface area contributed by atoms with Gasteiger partial charge in [-0.05, 0) is 86.0 Å². The molecule has 0 saturated heterocycles. The van der Waals surface area contributed by atoms with Gasteiger partial charge in [-0.1, -0.05) is 76.8 Å². The van der Waals surface area contributed by atoms with E-state index in [1.807, 2.05) is 0 Å². The Morgan fingerprint density at radius 2 is 1.84 bits per heavy atom. The first-order valence-electron chi connectivity index (χ1n) is 12.4. The molecular formula is C27H44O3S. The van der Waals surface area contributed by atoms with Gasteiger partial charge in [-0.25, -0.2) is 0 Å². The molecule has 0 bridgehead atoms. The molecule has 1 N–H and O–H groups in total. The van der Waals surface area contributed by atoms with E-state index in [4.69, 9.17) is 8.42 Å². The molecular weight excluding hydrogens is 404 g/mol. The van der Waals surface area contributed by atoms with Crippen molar-refractivity contribution in [3.05, 3.63) is 35.5 Å². The second kappa shape index (κ2) is 12.3. The summed E-state index contributed by atoms with van der Waals surface area (Å²) in [6.45, 7) is 14.1. The molecule has 0 aromatic rings. The highest BCUT2D eigenvalue weighted by atomic mass is 32.1. The fourth-order valence-corrected chi connectivity index (χ4v) is 6.66. The van der Waals surface area contributed by atoms with Crippen LogP contribution in [0.25, 0.3) is 0 Å². The molecule has 0 unspecified atom stereocenters. The molecule has 0 spiro atoms. The molecule has 5 atom stereocenters. The highest BCUT2D eigenvalue weighted by Gasteiger charge is 2.50. The van der Waals surface area contributed by atoms with Gasteiger partial charge in [0.2, 0.25) is 0 Å². The van der Waals surface area contributed by atoms with Gasteiger partial charge >= 0.3 is 11.6 Å². The lowest BCUT2D eigenvalue weighted by Gasteiger charge is -2.44. The zero-order valence-electron chi connectivity index (χ0n) is 20.2. The molecule has 176 valence electrons. The number of hydrogen-bond acceptors (Lipinski definition) is 3. The first kappa shape index (κ1) is 26.3. The molecule has 4 heteroatoms. The summed E-state index contributed by atoms with van der Waals surface area (Å²) in [6, 6.07) is 0. The number of hydrogen-bond donors (Lipinski definition) is 1. The highest BCUT2D eigenvalue weighted by molar-refractivity contribution is 7.51. The fourth-order valence-electron chi connectivity index (χ4n) is 6.66. The average molecular weight is 449 g/mol. The van der Waals surface area contributed by atoms with Crippen molar-refractivity contribution >= 4 is 11.6 Å². The molecule has 0 radical (unpaired) electrons. The minimum Gasteiger partial charge on any atom is -0.393 e. The quantitative estimate of drug-likeness (QED) is 0.478. The minimum atomic E-state index is -0.750. The van der Waals surface area contributed by atoms with Gasteiger partial charge in [-0.2, -0.15) is 8.42 Å². The number of allylic oxidation sites excluding steroid dienone is 4. The summed E-state index contributed by atoms with van der Waals surface area (Å²) in [7, 11) is 0. The molecule has 0 aromatic carbocycles. The largest absolute Gasteiger partial charge is 0.393 e. The van der Waals surface area contributed by atoms with Crippen molar-refractivity contribution in [3.63, 3.8) is 0 Å². The standard InChI is InChI=1S/C27H44O.O2S/c1-19(2)8-6-9-21(4)25-15-16-26-22(10-7-17-27(25,26)5)12-13-23-18-24(28)14-11-20(23)3;1-3-2/h12-13,19,21,24-26,28H,3,6-11,14-18H2,1-2,4-5H3;/b22-12+,23-13-;/t21-,24+,25-,26+,27-;/m1./s1. The van der Waals surface area contributed by atoms with Crippen LogP contribution < -0.4 is 0 Å². The SMILES string of the molecule is C=C1CC[C@H](O)C/C1=C/C=C1\CCC[C@]2(C)[C@@H]([C@H](C)CCCC(C)C)CC[C@@H]12.O=S=O. The lowest BCUT2D eigenvalue weighted by atomic mass is 9.60. The molecule has 3 rings (SSSR count). The van der Waals surface area contributed by atoms with Crippen LogP contribution in [-0.4, -0.2) is 19.6 Å². The van der Waals surface area contributed by atoms with Crippen LogP contribution in [-0.2, 0) is 11.6 Å². The second-order valence-electron chi connectivity index (χ2n) is 10.9. The Morgan fingerprint density at radius 3 is 2.52 bits per heavy atom. The Hall–Kier alpha value is -1.00. The molecule has 3 aliphatic rings. The summed E-state index contributed by atoms with van der Waals surface area (Å²) >= 11 is -0.750. The zero-order valence-corrected chi connectivity index (χ0v) is 21.0. The van der Waals surface area contributed by atoms with E-state index in [-0.39, 0.29) is 6.10 Å². The third-order valence-corrected chi connectivity index (χ3v) is 8.35. The van der Waals surface area contributed by atoms with E-state index in [1.54, 1.807) is 5.57 Å². The van der Waals surface area contributed by atoms with Gasteiger partial charge in [0.1, 0.15) is 0 Å². The minimum absolute atomic E-state index is 0.172. The van der Waals surface area contributed by atoms with Gasteiger partial charge in [-0.3, -0.25) is 0 Å². The number of fused-ring (bicyclic) bond motifs is 1. The van der Waals surface area contributed by atoms with Crippen LogP contribution in [0, 0.1) is 29.1 Å². The molecule has 0 aliphatic heterocycles. The van der Waals surface area contributed by atoms with Gasteiger partial charge in [-0.15, -0.1) is 0 Å². The van der Waals surface area contributed by atoms with Crippen LogP contribution in [0.4, 0.5) is 0 Å². The van der Waals surface area contributed by atoms with Crippen molar-refractivity contribution in [2.75, 3.05) is 0 Å². The monoisotopic (exact) mass is 448 g/mol. The van der Waals surface area contributed by atoms with Crippen molar-refractivity contribution < 1.29 is 13.5 Å². The van der Waals surface area contributed by atoms with E-state index in [0.717, 1.165) is 42.9 Å². The number of aliphatic hydroxyl groups excluding tert-OH is 1. The molecule has 0 aromatic heterocycles. The Kier molecular flexibility index (Phi) is 10.4. The molecule has 3 fully saturated rings. The number of aliphatic hydroxyl groups is 1. The lowest BCUT2D eigenvalue weighted by Crippen LogP contribution is -2.36. The van der Waals surface area contributed by atoms with Gasteiger partial charge in [0.05, 0.1) is 6.10 Å². The first-order valence-corrected chi connectivity index (χ1v) is 13.1. The summed E-state index contributed by atoms with van der Waals surface area (Å²) in [5, 5.41) is 10.0. The summed E-state index contributed by atoms with van der Waals surface area (Å²) < 4.78 is 16.6. The van der Waals surface area contributed by atoms with Crippen molar-refractivity contribution in [1.29, 1.82) is 0 Å². The van der Waals surface area contributed by atoms with Crippen LogP contribution in [0.15, 0.2) is 35.5 Å². The molecule has 0 amide bonds. The summed E-state index contributed by atoms with van der Waals surface area (Å²) in [5.41, 5.74) is 4.72. The normalized spacial score (nSPS) is 34.4. The van der Waals surface area contributed by atoms with Gasteiger partial charge in [0.25, 0.3) is 0 Å². The summed E-state index contributed by atoms with van der Waals surface area (Å²) in [6.07, 6.45) is 18.2. The summed E-state index contributed by atoms with van der Waals surface area (Å²) in [5.74, 6) is 3.37. The maximum Gasteiger partial charge on any atom is 0.335 e. The van der Waals surface area contributed by atoms with E-state index < -0.39 is 11.6 Å². The van der Waals surface area contributed by atoms with Gasteiger partial charge in [0, 0.05) is 0 Å². The predicted molar refractivity (Wildman–Crippen MR) is 130 cm³/mol. The van der Waals surface area contributed by atoms with Crippen LogP contribution in [0.3, 0.4) is 0 Å². The topological polar surface area (TPSA) is 54.4 Å². The molecule has 0 heterocycles. The van der Waals surface area contributed by atoms with E-state index >= 15 is 0 Å². The maximum absolute atomic E-state index is 10.0. The van der Waals surface area contributed by atoms with Gasteiger partial charge < -0.3 is 5.11 Å². The van der Waals surface area contributed by atoms with Crippen LogP contribution in [0.2, 0.25) is 0 Å². The Bertz CT molecular complexity index is 701. The average Bonchev–Trinajstić information content (AvgIpc) is 3.06. The maximum atomic E-state index is 10.0. The Balaban J connectivity index is 0.00000107. The van der Waals surface area contributed by atoms with E-state index in [0.29, 0.717) is 5.41 Å². The molecule has 3 nitrogen and oxygen atoms in total. The fraction of sp³-hybridized carbons (Fsp3) is 0.778. The smallest absolute Gasteiger partial charge is 0.335 e. The predicted octanol–water partition coefficient (Wildman–Crippen LogP) is 6.95. The van der Waals surface area contributed by atoms with Crippen molar-refractivity contribution in [1.82, 2.24) is 0 Å². The van der Waals surface area contributed by atoms with E-state index in [1.165, 1.54) is 62.5 Å². The second-order valence-corrected chi connectivity index (χ2v) is 11.0. The number of rotatable bonds is 6. The third kappa shape index (κ3) is 6.99. The van der Waals surface area contributed by atoms with Crippen molar-refractivity contribution in [3.8, 4) is 0 Å². The first-order chi connectivity index (χ1) is 14.7. The van der Waals surface area contributed by atoms with E-state index in [2.05, 4.69) is 46.4 Å². The van der Waals surface area contributed by atoms with E-state index in [9.17, 15) is 5.11 Å². The van der Waals surface area contributed by atoms with Crippen LogP contribution in [0.5, 0.6) is 0 Å². The van der Waals surface area contributed by atoms with Crippen LogP contribution in [0.1, 0.15) is 98.3 Å². The molecule has 31 heavy (non-hydrogen) atoms. The Morgan fingerprint density at radius 1 is 1.13 bits per heavy atom. The highest BCUT2D eigenvalue weighted by Crippen LogP contribution is 2.59. The van der Waals surface area contributed by atoms with Gasteiger partial charge in [0.15, 0.2) is 0 Å². The third-order valence-electron chi connectivity index (χ3n) is 8.35. The van der Waals surface area contributed by atoms with Crippen molar-refractivity contribution in [2.24, 2.45) is 29.1 Å².